The Bertz CT molecular complexity index is 8.81. The minimum atomic E-state index is 0. The summed E-state index contributed by atoms with van der Waals surface area (Å²) >= 11 is 0. The van der Waals surface area contributed by atoms with Crippen molar-refractivity contribution < 1.29 is 299 Å². The van der Waals surface area contributed by atoms with Gasteiger partial charge < -0.3 is 0 Å². The van der Waals surface area contributed by atoms with E-state index in [0.717, 1.165) is 0 Å². The van der Waals surface area contributed by atoms with Crippen LogP contribution in [0, 0.1) is 249 Å². The average molecular weight is 1150 g/mol. The summed E-state index contributed by atoms with van der Waals surface area (Å²) in [6.07, 6.45) is 0. The molecule has 0 aliphatic rings. The first kappa shape index (κ1) is 72.7. The summed E-state index contributed by atoms with van der Waals surface area (Å²) < 4.78 is 0. The SMILES string of the molecule is [La].[La].[La].[La].[La].[La].[La].[Ni].[Ni].[Ni]. The Labute approximate surface area is 288 Å². The maximum atomic E-state index is 0. The van der Waals surface area contributed by atoms with Crippen LogP contribution in [-0.4, -0.2) is 0 Å². The van der Waals surface area contributed by atoms with E-state index in [1.54, 1.807) is 0 Å². The van der Waals surface area contributed by atoms with Crippen LogP contribution in [0.5, 0.6) is 0 Å². The maximum absolute atomic E-state index is 0. The fourth-order valence-corrected chi connectivity index (χ4v) is 0. The molecule has 0 bridgehead atoms. The molecule has 0 N–H and O–H groups in total. The Kier molecular flexibility index (Phi) is 450. The van der Waals surface area contributed by atoms with Gasteiger partial charge in [0, 0.05) is 299 Å². The molecule has 0 spiro atoms. The minimum absolute atomic E-state index is 0. The Balaban J connectivity index is 0. The molecule has 0 saturated carbocycles. The Morgan fingerprint density at radius 1 is 0.200 bits per heavy atom. The van der Waals surface area contributed by atoms with Crippen LogP contribution < -0.4 is 0 Å². The molecule has 0 aromatic heterocycles. The average Bonchev–Trinajstić information content (AvgIpc) is 0. The van der Waals surface area contributed by atoms with Crippen molar-refractivity contribution in [2.24, 2.45) is 0 Å². The summed E-state index contributed by atoms with van der Waals surface area (Å²) in [5.41, 5.74) is 0. The van der Waals surface area contributed by atoms with Crippen molar-refractivity contribution in [2.75, 3.05) is 0 Å². The fourth-order valence-electron chi connectivity index (χ4n) is 0. The van der Waals surface area contributed by atoms with E-state index >= 15 is 0 Å². The van der Waals surface area contributed by atoms with Crippen LogP contribution in [-0.2, 0) is 49.5 Å². The van der Waals surface area contributed by atoms with E-state index in [4.69, 9.17) is 0 Å². The standard InChI is InChI=1S/7La.3Ni. The van der Waals surface area contributed by atoms with E-state index in [1.165, 1.54) is 0 Å². The van der Waals surface area contributed by atoms with Gasteiger partial charge in [-0.3, -0.25) is 0 Å². The topological polar surface area (TPSA) is 0 Å². The summed E-state index contributed by atoms with van der Waals surface area (Å²) in [7, 11) is 0. The Morgan fingerprint density at radius 3 is 0.200 bits per heavy atom. The normalized spacial score (nSPS) is 0. The van der Waals surface area contributed by atoms with Crippen LogP contribution in [0.25, 0.3) is 0 Å². The van der Waals surface area contributed by atoms with Gasteiger partial charge in [0.2, 0.25) is 0 Å². The van der Waals surface area contributed by atoms with E-state index in [2.05, 4.69) is 0 Å². The van der Waals surface area contributed by atoms with Gasteiger partial charge in [0.25, 0.3) is 0 Å². The number of hydrogen-bond acceptors (Lipinski definition) is 0. The summed E-state index contributed by atoms with van der Waals surface area (Å²) in [6.45, 7) is 0. The second kappa shape index (κ2) is 61.9. The number of rotatable bonds is 0. The quantitative estimate of drug-likeness (QED) is 0.300. The van der Waals surface area contributed by atoms with Crippen molar-refractivity contribution in [3.63, 3.8) is 0 Å². The van der Waals surface area contributed by atoms with Crippen LogP contribution in [0.3, 0.4) is 0 Å². The second-order valence-corrected chi connectivity index (χ2v) is 0. The molecule has 0 rings (SSSR count). The van der Waals surface area contributed by atoms with Crippen molar-refractivity contribution in [1.29, 1.82) is 0 Å². The molecule has 0 aliphatic heterocycles. The van der Waals surface area contributed by atoms with Gasteiger partial charge in [-0.15, -0.1) is 0 Å². The van der Waals surface area contributed by atoms with Gasteiger partial charge in [-0.1, -0.05) is 0 Å². The first-order valence-electron chi connectivity index (χ1n) is 0. The maximum Gasteiger partial charge on any atom is 0 e. The van der Waals surface area contributed by atoms with E-state index in [0.29, 0.717) is 0 Å². The van der Waals surface area contributed by atoms with Crippen molar-refractivity contribution in [3.05, 3.63) is 0 Å². The molecular formula is La7Ni3. The van der Waals surface area contributed by atoms with E-state index in [1.807, 2.05) is 0 Å². The van der Waals surface area contributed by atoms with Gasteiger partial charge in [-0.2, -0.15) is 0 Å². The zero-order chi connectivity index (χ0) is 0. The summed E-state index contributed by atoms with van der Waals surface area (Å²) in [5.74, 6) is 0. The van der Waals surface area contributed by atoms with E-state index < -0.39 is 0 Å². The van der Waals surface area contributed by atoms with Crippen LogP contribution in [0.2, 0.25) is 0 Å². The Morgan fingerprint density at radius 2 is 0.200 bits per heavy atom. The third-order valence-electron chi connectivity index (χ3n) is 0. The van der Waals surface area contributed by atoms with Gasteiger partial charge >= 0.3 is 0 Å². The zero-order valence-electron chi connectivity index (χ0n) is 4.99. The predicted molar refractivity (Wildman–Crippen MR) is 0 cm³/mol. The third-order valence-corrected chi connectivity index (χ3v) is 0. The Hall–Kier alpha value is 9.84. The van der Waals surface area contributed by atoms with Crippen LogP contribution >= 0.6 is 0 Å². The first-order valence-corrected chi connectivity index (χ1v) is 0. The van der Waals surface area contributed by atoms with Crippen LogP contribution in [0.1, 0.15) is 0 Å². The van der Waals surface area contributed by atoms with Crippen LogP contribution in [0.15, 0.2) is 0 Å². The minimum Gasteiger partial charge on any atom is 0 e. The molecule has 0 atom stereocenters. The molecule has 0 saturated heterocycles. The van der Waals surface area contributed by atoms with E-state index in [-0.39, 0.29) is 299 Å². The van der Waals surface area contributed by atoms with Crippen molar-refractivity contribution in [3.8, 4) is 0 Å². The largest absolute Gasteiger partial charge is 0 e. The fraction of sp³-hybridized carbons (Fsp3) is 0. The molecule has 10 heteroatoms. The van der Waals surface area contributed by atoms with Gasteiger partial charge in [0.15, 0.2) is 0 Å². The molecule has 0 unspecified atom stereocenters. The third kappa shape index (κ3) is 52.2. The smallest absolute Gasteiger partial charge is 0 e. The van der Waals surface area contributed by atoms with Gasteiger partial charge in [-0.05, 0) is 0 Å². The molecule has 10 heavy (non-hydrogen) atoms. The second-order valence-electron chi connectivity index (χ2n) is 0. The molecule has 7 radical (unpaired) electrons. The molecule has 0 heterocycles. The molecule has 0 aliphatic carbocycles. The monoisotopic (exact) mass is 1150 g/mol. The first-order chi connectivity index (χ1) is 0. The van der Waals surface area contributed by atoms with Gasteiger partial charge in [0.05, 0.1) is 0 Å². The van der Waals surface area contributed by atoms with Crippen molar-refractivity contribution in [2.45, 2.75) is 0 Å². The summed E-state index contributed by atoms with van der Waals surface area (Å²) in [6, 6.07) is 0. The molecule has 51 valence electrons. The molecule has 0 aromatic rings. The van der Waals surface area contributed by atoms with Crippen molar-refractivity contribution in [1.82, 2.24) is 0 Å². The summed E-state index contributed by atoms with van der Waals surface area (Å²) in [4.78, 5) is 0. The molecule has 0 fully saturated rings. The zero-order valence-corrected chi connectivity index (χ0v) is 33.3. The van der Waals surface area contributed by atoms with E-state index in [9.17, 15) is 0 Å². The van der Waals surface area contributed by atoms with Crippen molar-refractivity contribution >= 4 is 0 Å². The van der Waals surface area contributed by atoms with Gasteiger partial charge in [0.1, 0.15) is 0 Å². The molecule has 0 nitrogen and oxygen atoms in total. The predicted octanol–water partition coefficient (Wildman–Crippen LogP) is -0.00750. The molecular weight excluding hydrogens is 1150 g/mol. The van der Waals surface area contributed by atoms with Gasteiger partial charge in [-0.25, -0.2) is 0 Å². The number of hydrogen-bond donors (Lipinski definition) is 0. The summed E-state index contributed by atoms with van der Waals surface area (Å²) in [5, 5.41) is 0. The molecule has 0 amide bonds. The molecule has 0 aromatic carbocycles. The van der Waals surface area contributed by atoms with Crippen LogP contribution in [0.4, 0.5) is 0 Å².